The van der Waals surface area contributed by atoms with E-state index in [9.17, 15) is 0 Å². The summed E-state index contributed by atoms with van der Waals surface area (Å²) in [5.74, 6) is 0. The van der Waals surface area contributed by atoms with Crippen molar-refractivity contribution in [2.75, 3.05) is 0 Å². The van der Waals surface area contributed by atoms with Crippen LogP contribution in [0.2, 0.25) is 0 Å². The Kier molecular flexibility index (Phi) is 4.15. The number of para-hydroxylation sites is 4. The van der Waals surface area contributed by atoms with Gasteiger partial charge in [-0.2, -0.15) is 0 Å². The highest BCUT2D eigenvalue weighted by molar-refractivity contribution is 6.24. The molecule has 0 saturated heterocycles. The summed E-state index contributed by atoms with van der Waals surface area (Å²) in [7, 11) is 0. The van der Waals surface area contributed by atoms with Crippen molar-refractivity contribution in [1.29, 1.82) is 0 Å². The van der Waals surface area contributed by atoms with Gasteiger partial charge in [-0.15, -0.1) is 0 Å². The zero-order valence-electron chi connectivity index (χ0n) is 22.4. The number of benzene rings is 6. The maximum absolute atomic E-state index is 6.54. The summed E-state index contributed by atoms with van der Waals surface area (Å²) >= 11 is 0. The minimum Gasteiger partial charge on any atom is -0.454 e. The van der Waals surface area contributed by atoms with Crippen molar-refractivity contribution in [2.45, 2.75) is 0 Å². The molecule has 0 aliphatic rings. The highest BCUT2D eigenvalue weighted by atomic mass is 16.3. The van der Waals surface area contributed by atoms with Crippen LogP contribution in [-0.2, 0) is 0 Å². The molecular formula is C38H21N3O. The second-order valence-electron chi connectivity index (χ2n) is 11.0. The number of imidazole rings is 1. The van der Waals surface area contributed by atoms with Crippen molar-refractivity contribution < 1.29 is 4.42 Å². The molecule has 0 saturated carbocycles. The molecule has 4 heteroatoms. The van der Waals surface area contributed by atoms with Crippen LogP contribution >= 0.6 is 0 Å². The molecule has 0 unspecified atom stereocenters. The third kappa shape index (κ3) is 2.80. The lowest BCUT2D eigenvalue weighted by molar-refractivity contribution is 0.670. The Labute approximate surface area is 239 Å². The lowest BCUT2D eigenvalue weighted by Crippen LogP contribution is -1.94. The minimum atomic E-state index is 0.818. The van der Waals surface area contributed by atoms with Gasteiger partial charge in [-0.25, -0.2) is 9.97 Å². The van der Waals surface area contributed by atoms with Gasteiger partial charge in [0.2, 0.25) is 0 Å². The fourth-order valence-corrected chi connectivity index (χ4v) is 6.90. The van der Waals surface area contributed by atoms with Gasteiger partial charge >= 0.3 is 0 Å². The van der Waals surface area contributed by atoms with Crippen LogP contribution < -0.4 is 0 Å². The topological polar surface area (TPSA) is 43.3 Å². The van der Waals surface area contributed by atoms with Crippen LogP contribution in [0.1, 0.15) is 0 Å². The summed E-state index contributed by atoms with van der Waals surface area (Å²) in [6.45, 7) is 0. The molecule has 0 aliphatic carbocycles. The van der Waals surface area contributed by atoms with Crippen molar-refractivity contribution >= 4 is 82.1 Å². The zero-order valence-corrected chi connectivity index (χ0v) is 22.4. The average molecular weight is 536 g/mol. The standard InChI is InChI=1S/C38H21N3O/c1-2-10-24-22(9-1)17-19-25-28-21-23(18-20-31(28)41-32-15-7-6-14-30(32)40-38(41)35(24)25)34-26-11-3-5-13-29(26)39-36-27-12-4-8-16-33(27)42-37(34)36/h1-21H. The number of pyridine rings is 2. The smallest absolute Gasteiger partial charge is 0.162 e. The second kappa shape index (κ2) is 7.93. The number of furan rings is 1. The first-order valence-corrected chi connectivity index (χ1v) is 14.2. The van der Waals surface area contributed by atoms with Gasteiger partial charge in [-0.05, 0) is 64.2 Å². The molecule has 6 aromatic carbocycles. The summed E-state index contributed by atoms with van der Waals surface area (Å²) in [5, 5.41) is 8.05. The molecule has 0 fully saturated rings. The Morgan fingerprint density at radius 1 is 0.524 bits per heavy atom. The van der Waals surface area contributed by atoms with Gasteiger partial charge < -0.3 is 4.42 Å². The number of nitrogens with zero attached hydrogens (tertiary/aromatic N) is 3. The van der Waals surface area contributed by atoms with Gasteiger partial charge in [-0.3, -0.25) is 4.40 Å². The molecule has 10 rings (SSSR count). The lowest BCUT2D eigenvalue weighted by atomic mass is 9.95. The zero-order chi connectivity index (χ0) is 27.4. The highest BCUT2D eigenvalue weighted by Crippen LogP contribution is 2.42. The molecule has 0 amide bonds. The first-order valence-electron chi connectivity index (χ1n) is 14.2. The molecule has 0 N–H and O–H groups in total. The first-order chi connectivity index (χ1) is 20.8. The third-order valence-corrected chi connectivity index (χ3v) is 8.73. The monoisotopic (exact) mass is 535 g/mol. The van der Waals surface area contributed by atoms with E-state index in [4.69, 9.17) is 14.4 Å². The van der Waals surface area contributed by atoms with E-state index >= 15 is 0 Å². The maximum Gasteiger partial charge on any atom is 0.162 e. The van der Waals surface area contributed by atoms with Crippen LogP contribution in [0.4, 0.5) is 0 Å². The van der Waals surface area contributed by atoms with E-state index in [2.05, 4.69) is 108 Å². The predicted molar refractivity (Wildman–Crippen MR) is 173 cm³/mol. The summed E-state index contributed by atoms with van der Waals surface area (Å²) in [4.78, 5) is 10.2. The number of aromatic nitrogens is 3. The van der Waals surface area contributed by atoms with Crippen LogP contribution in [-0.4, -0.2) is 14.4 Å². The largest absolute Gasteiger partial charge is 0.454 e. The molecule has 4 heterocycles. The van der Waals surface area contributed by atoms with Crippen molar-refractivity contribution in [3.63, 3.8) is 0 Å². The molecule has 194 valence electrons. The van der Waals surface area contributed by atoms with E-state index < -0.39 is 0 Å². The Bertz CT molecular complexity index is 2750. The Hall–Kier alpha value is -5.74. The van der Waals surface area contributed by atoms with E-state index in [-0.39, 0.29) is 0 Å². The fourth-order valence-electron chi connectivity index (χ4n) is 6.90. The van der Waals surface area contributed by atoms with E-state index in [1.54, 1.807) is 0 Å². The molecule has 0 radical (unpaired) electrons. The lowest BCUT2D eigenvalue weighted by Gasteiger charge is -2.14. The maximum atomic E-state index is 6.54. The van der Waals surface area contributed by atoms with Gasteiger partial charge in [0.1, 0.15) is 16.7 Å². The highest BCUT2D eigenvalue weighted by Gasteiger charge is 2.20. The fraction of sp³-hybridized carbons (Fsp3) is 0. The summed E-state index contributed by atoms with van der Waals surface area (Å²) in [6, 6.07) is 44.8. The Morgan fingerprint density at radius 2 is 1.29 bits per heavy atom. The summed E-state index contributed by atoms with van der Waals surface area (Å²) < 4.78 is 8.87. The molecular weight excluding hydrogens is 514 g/mol. The number of rotatable bonds is 1. The van der Waals surface area contributed by atoms with Crippen molar-refractivity contribution in [1.82, 2.24) is 14.4 Å². The summed E-state index contributed by atoms with van der Waals surface area (Å²) in [6.07, 6.45) is 0. The predicted octanol–water partition coefficient (Wildman–Crippen LogP) is 10.1. The van der Waals surface area contributed by atoms with E-state index in [0.29, 0.717) is 0 Å². The van der Waals surface area contributed by atoms with Crippen molar-refractivity contribution in [3.05, 3.63) is 127 Å². The number of hydrogen-bond donors (Lipinski definition) is 0. The normalized spacial score (nSPS) is 12.3. The number of fused-ring (bicyclic) bond motifs is 14. The van der Waals surface area contributed by atoms with Gasteiger partial charge in [0, 0.05) is 27.1 Å². The van der Waals surface area contributed by atoms with Crippen LogP contribution in [0, 0.1) is 0 Å². The van der Waals surface area contributed by atoms with Gasteiger partial charge in [0.15, 0.2) is 5.58 Å². The van der Waals surface area contributed by atoms with Crippen molar-refractivity contribution in [3.8, 4) is 11.1 Å². The second-order valence-corrected chi connectivity index (χ2v) is 11.0. The molecule has 10 aromatic rings. The van der Waals surface area contributed by atoms with E-state index in [0.717, 1.165) is 66.3 Å². The SMILES string of the molecule is c1ccc2c(c1)ccc1c3cc(-c4c5ccccc5nc5c4oc4ccccc45)ccc3n3c4ccccc4nc3c21. The third-order valence-electron chi connectivity index (χ3n) is 8.73. The summed E-state index contributed by atoms with van der Waals surface area (Å²) in [5.41, 5.74) is 9.90. The minimum absolute atomic E-state index is 0.818. The van der Waals surface area contributed by atoms with Crippen molar-refractivity contribution in [2.24, 2.45) is 0 Å². The average Bonchev–Trinajstić information content (AvgIpc) is 3.62. The Morgan fingerprint density at radius 3 is 2.21 bits per heavy atom. The molecule has 4 aromatic heterocycles. The molecule has 42 heavy (non-hydrogen) atoms. The first kappa shape index (κ1) is 22.0. The quantitative estimate of drug-likeness (QED) is 0.196. The molecule has 4 nitrogen and oxygen atoms in total. The molecule has 0 spiro atoms. The van der Waals surface area contributed by atoms with E-state index in [1.807, 2.05) is 24.3 Å². The molecule has 0 atom stereocenters. The Balaban J connectivity index is 1.42. The molecule has 0 aliphatic heterocycles. The van der Waals surface area contributed by atoms with Gasteiger partial charge in [-0.1, -0.05) is 84.9 Å². The van der Waals surface area contributed by atoms with Gasteiger partial charge in [0.25, 0.3) is 0 Å². The molecule has 0 bridgehead atoms. The van der Waals surface area contributed by atoms with Crippen LogP contribution in [0.3, 0.4) is 0 Å². The van der Waals surface area contributed by atoms with Gasteiger partial charge in [0.05, 0.1) is 22.1 Å². The number of hydrogen-bond acceptors (Lipinski definition) is 3. The van der Waals surface area contributed by atoms with Crippen LogP contribution in [0.25, 0.3) is 93.2 Å². The van der Waals surface area contributed by atoms with Crippen LogP contribution in [0.15, 0.2) is 132 Å². The van der Waals surface area contributed by atoms with Crippen LogP contribution in [0.5, 0.6) is 0 Å². The van der Waals surface area contributed by atoms with E-state index in [1.165, 1.54) is 26.9 Å².